The van der Waals surface area contributed by atoms with Crippen molar-refractivity contribution < 1.29 is 4.79 Å². The van der Waals surface area contributed by atoms with Gasteiger partial charge in [0.1, 0.15) is 0 Å². The third-order valence-electron chi connectivity index (χ3n) is 3.56. The van der Waals surface area contributed by atoms with Crippen LogP contribution in [0.2, 0.25) is 0 Å². The van der Waals surface area contributed by atoms with Crippen molar-refractivity contribution in [1.29, 1.82) is 0 Å². The van der Waals surface area contributed by atoms with Crippen LogP contribution in [0.4, 0.5) is 4.79 Å². The molecule has 0 radical (unpaired) electrons. The van der Waals surface area contributed by atoms with E-state index in [4.69, 9.17) is 0 Å². The third-order valence-corrected chi connectivity index (χ3v) is 3.56. The Hall–Kier alpha value is -0.730. The summed E-state index contributed by atoms with van der Waals surface area (Å²) in [6.45, 7) is 13.6. The zero-order valence-corrected chi connectivity index (χ0v) is 10.8. The largest absolute Gasteiger partial charge is 0.335 e. The first-order chi connectivity index (χ1) is 6.73. The van der Waals surface area contributed by atoms with Crippen molar-refractivity contribution in [3.05, 3.63) is 0 Å². The number of nitrogens with zero attached hydrogens (tertiary/aromatic N) is 1. The lowest BCUT2D eigenvalue weighted by Crippen LogP contribution is -2.51. The molecule has 0 aromatic rings. The summed E-state index contributed by atoms with van der Waals surface area (Å²) < 4.78 is 0. The number of hydrogen-bond donors (Lipinski definition) is 1. The van der Waals surface area contributed by atoms with Gasteiger partial charge in [-0.25, -0.2) is 4.79 Å². The zero-order chi connectivity index (χ0) is 11.8. The number of carbonyl (C=O) groups excluding carboxylic acids is 1. The number of amides is 2. The lowest BCUT2D eigenvalue weighted by Gasteiger charge is -2.35. The predicted molar refractivity (Wildman–Crippen MR) is 62.8 cm³/mol. The number of urea groups is 1. The van der Waals surface area contributed by atoms with Crippen molar-refractivity contribution in [2.75, 3.05) is 6.54 Å². The second kappa shape index (κ2) is 4.03. The van der Waals surface area contributed by atoms with Crippen molar-refractivity contribution in [2.45, 2.75) is 53.1 Å². The maximum Gasteiger partial charge on any atom is 0.318 e. The highest BCUT2D eigenvalue weighted by Crippen LogP contribution is 2.24. The van der Waals surface area contributed by atoms with Gasteiger partial charge < -0.3 is 10.2 Å². The molecule has 1 N–H and O–H groups in total. The smallest absolute Gasteiger partial charge is 0.318 e. The van der Waals surface area contributed by atoms with Crippen LogP contribution in [0.15, 0.2) is 0 Å². The van der Waals surface area contributed by atoms with Gasteiger partial charge in [0, 0.05) is 18.1 Å². The second-order valence-corrected chi connectivity index (χ2v) is 5.86. The quantitative estimate of drug-likeness (QED) is 0.657. The number of nitrogens with one attached hydrogen (secondary N) is 1. The molecule has 3 heteroatoms. The van der Waals surface area contributed by atoms with Crippen LogP contribution in [0.5, 0.6) is 0 Å². The van der Waals surface area contributed by atoms with Crippen molar-refractivity contribution in [3.8, 4) is 0 Å². The Morgan fingerprint density at radius 3 is 2.27 bits per heavy atom. The van der Waals surface area contributed by atoms with Gasteiger partial charge in [0.25, 0.3) is 0 Å². The van der Waals surface area contributed by atoms with E-state index in [0.29, 0.717) is 11.8 Å². The Bertz CT molecular complexity index is 244. The molecule has 1 heterocycles. The Morgan fingerprint density at radius 1 is 1.27 bits per heavy atom. The monoisotopic (exact) mass is 212 g/mol. The van der Waals surface area contributed by atoms with E-state index in [2.05, 4.69) is 46.9 Å². The molecule has 1 fully saturated rings. The summed E-state index contributed by atoms with van der Waals surface area (Å²) in [7, 11) is 0. The van der Waals surface area contributed by atoms with Gasteiger partial charge >= 0.3 is 6.03 Å². The molecule has 3 nitrogen and oxygen atoms in total. The molecule has 0 aliphatic carbocycles. The Balaban J connectivity index is 2.88. The van der Waals surface area contributed by atoms with Gasteiger partial charge in [0.15, 0.2) is 0 Å². The lowest BCUT2D eigenvalue weighted by atomic mass is 9.89. The lowest BCUT2D eigenvalue weighted by molar-refractivity contribution is 0.137. The Labute approximate surface area is 93.2 Å². The van der Waals surface area contributed by atoms with Gasteiger partial charge in [-0.1, -0.05) is 13.8 Å². The van der Waals surface area contributed by atoms with Gasteiger partial charge in [-0.3, -0.25) is 0 Å². The van der Waals surface area contributed by atoms with Crippen LogP contribution < -0.4 is 5.32 Å². The average molecular weight is 212 g/mol. The first-order valence-corrected chi connectivity index (χ1v) is 5.81. The normalized spacial score (nSPS) is 33.6. The van der Waals surface area contributed by atoms with Crippen LogP contribution in [0, 0.1) is 11.8 Å². The van der Waals surface area contributed by atoms with Gasteiger partial charge in [0.05, 0.1) is 0 Å². The van der Waals surface area contributed by atoms with Crippen LogP contribution in [0.1, 0.15) is 41.5 Å². The number of carbonyl (C=O) groups is 1. The van der Waals surface area contributed by atoms with E-state index in [0.717, 1.165) is 6.54 Å². The van der Waals surface area contributed by atoms with Gasteiger partial charge in [-0.05, 0) is 39.5 Å². The first-order valence-electron chi connectivity index (χ1n) is 5.81. The Morgan fingerprint density at radius 2 is 1.80 bits per heavy atom. The molecule has 0 aromatic carbocycles. The fourth-order valence-electron chi connectivity index (χ4n) is 2.01. The van der Waals surface area contributed by atoms with E-state index >= 15 is 0 Å². The van der Waals surface area contributed by atoms with Gasteiger partial charge in [0.2, 0.25) is 0 Å². The molecule has 3 unspecified atom stereocenters. The standard InChI is InChI=1S/C12H24N2O/c1-8-7-14(12(4,5)6)11(15)13-10(3)9(8)2/h8-10H,7H2,1-6H3,(H,13,15). The highest BCUT2D eigenvalue weighted by atomic mass is 16.2. The highest BCUT2D eigenvalue weighted by Gasteiger charge is 2.34. The molecular formula is C12H24N2O. The van der Waals surface area contributed by atoms with Gasteiger partial charge in [-0.15, -0.1) is 0 Å². The predicted octanol–water partition coefficient (Wildman–Crippen LogP) is 2.47. The third kappa shape index (κ3) is 2.64. The molecule has 1 aliphatic rings. The number of rotatable bonds is 0. The summed E-state index contributed by atoms with van der Waals surface area (Å²) >= 11 is 0. The maximum atomic E-state index is 12.0. The maximum absolute atomic E-state index is 12.0. The molecule has 0 saturated carbocycles. The molecule has 0 bridgehead atoms. The fourth-order valence-corrected chi connectivity index (χ4v) is 2.01. The van der Waals surface area contributed by atoms with E-state index in [1.165, 1.54) is 0 Å². The minimum atomic E-state index is -0.0951. The molecule has 2 amide bonds. The van der Waals surface area contributed by atoms with E-state index < -0.39 is 0 Å². The molecule has 0 spiro atoms. The molecular weight excluding hydrogens is 188 g/mol. The molecule has 0 aromatic heterocycles. The fraction of sp³-hybridized carbons (Fsp3) is 0.917. The Kier molecular flexibility index (Phi) is 3.31. The van der Waals surface area contributed by atoms with Crippen molar-refractivity contribution in [2.24, 2.45) is 11.8 Å². The van der Waals surface area contributed by atoms with Crippen molar-refractivity contribution >= 4 is 6.03 Å². The van der Waals surface area contributed by atoms with Crippen LogP contribution in [-0.4, -0.2) is 29.1 Å². The van der Waals surface area contributed by atoms with Crippen LogP contribution >= 0.6 is 0 Å². The highest BCUT2D eigenvalue weighted by molar-refractivity contribution is 5.75. The zero-order valence-electron chi connectivity index (χ0n) is 10.8. The van der Waals surface area contributed by atoms with Crippen LogP contribution in [-0.2, 0) is 0 Å². The minimum Gasteiger partial charge on any atom is -0.335 e. The van der Waals surface area contributed by atoms with E-state index in [9.17, 15) is 4.79 Å². The van der Waals surface area contributed by atoms with Crippen molar-refractivity contribution in [3.63, 3.8) is 0 Å². The average Bonchev–Trinajstić information content (AvgIpc) is 2.17. The van der Waals surface area contributed by atoms with E-state index in [-0.39, 0.29) is 17.6 Å². The van der Waals surface area contributed by atoms with E-state index in [1.54, 1.807) is 0 Å². The summed E-state index contributed by atoms with van der Waals surface area (Å²) in [5.41, 5.74) is -0.0951. The summed E-state index contributed by atoms with van der Waals surface area (Å²) in [6, 6.07) is 0.339. The van der Waals surface area contributed by atoms with E-state index in [1.807, 2.05) is 4.90 Å². The second-order valence-electron chi connectivity index (χ2n) is 5.86. The molecule has 88 valence electrons. The van der Waals surface area contributed by atoms with Gasteiger partial charge in [-0.2, -0.15) is 0 Å². The first kappa shape index (κ1) is 12.3. The SMILES string of the molecule is CC1CN(C(C)(C)C)C(=O)NC(C)C1C. The summed E-state index contributed by atoms with van der Waals surface area (Å²) in [5.74, 6) is 1.07. The summed E-state index contributed by atoms with van der Waals surface area (Å²) in [6.07, 6.45) is 0. The topological polar surface area (TPSA) is 32.3 Å². The molecule has 1 aliphatic heterocycles. The van der Waals surface area contributed by atoms with Crippen LogP contribution in [0.3, 0.4) is 0 Å². The molecule has 15 heavy (non-hydrogen) atoms. The molecule has 1 saturated heterocycles. The summed E-state index contributed by atoms with van der Waals surface area (Å²) in [5, 5.41) is 3.07. The molecule has 3 atom stereocenters. The van der Waals surface area contributed by atoms with Crippen molar-refractivity contribution in [1.82, 2.24) is 10.2 Å². The minimum absolute atomic E-state index is 0.0752. The molecule has 1 rings (SSSR count). The van der Waals surface area contributed by atoms with Crippen LogP contribution in [0.25, 0.3) is 0 Å². The summed E-state index contributed by atoms with van der Waals surface area (Å²) in [4.78, 5) is 13.9. The number of hydrogen-bond acceptors (Lipinski definition) is 1.